The Hall–Kier alpha value is -2.82. The van der Waals surface area contributed by atoms with Gasteiger partial charge in [0.25, 0.3) is 0 Å². The lowest BCUT2D eigenvalue weighted by Gasteiger charge is -2.05. The Labute approximate surface area is 141 Å². The third-order valence-corrected chi connectivity index (χ3v) is 3.93. The molecule has 1 aliphatic rings. The van der Waals surface area contributed by atoms with E-state index < -0.39 is 0 Å². The number of aryl methyl sites for hydroxylation is 1. The predicted molar refractivity (Wildman–Crippen MR) is 92.4 cm³/mol. The predicted octanol–water partition coefficient (Wildman–Crippen LogP) is 3.06. The Kier molecular flexibility index (Phi) is 4.79. The van der Waals surface area contributed by atoms with Crippen LogP contribution in [-0.2, 0) is 17.6 Å². The Morgan fingerprint density at radius 3 is 2.54 bits per heavy atom. The van der Waals surface area contributed by atoms with Crippen LogP contribution in [-0.4, -0.2) is 18.4 Å². The number of nitrogens with one attached hydrogen (secondary N) is 1. The third kappa shape index (κ3) is 3.74. The molecule has 1 amide bonds. The number of hydrazone groups is 1. The number of ether oxygens (including phenoxy) is 2. The quantitative estimate of drug-likeness (QED) is 0.679. The molecule has 3 rings (SSSR count). The highest BCUT2D eigenvalue weighted by Gasteiger charge is 2.14. The average molecular weight is 324 g/mol. The van der Waals surface area contributed by atoms with Crippen LogP contribution in [0.1, 0.15) is 30.5 Å². The van der Waals surface area contributed by atoms with Crippen LogP contribution >= 0.6 is 0 Å². The summed E-state index contributed by atoms with van der Waals surface area (Å²) in [6.07, 6.45) is 1.24. The molecule has 0 aromatic heterocycles. The van der Waals surface area contributed by atoms with Gasteiger partial charge in [-0.25, -0.2) is 5.43 Å². The van der Waals surface area contributed by atoms with Gasteiger partial charge in [-0.2, -0.15) is 5.10 Å². The largest absolute Gasteiger partial charge is 0.454 e. The molecule has 0 aliphatic carbocycles. The summed E-state index contributed by atoms with van der Waals surface area (Å²) >= 11 is 0. The molecule has 0 bridgehead atoms. The van der Waals surface area contributed by atoms with Crippen molar-refractivity contribution in [1.82, 2.24) is 5.43 Å². The number of fused-ring (bicyclic) bond motifs is 1. The van der Waals surface area contributed by atoms with Crippen LogP contribution in [0.2, 0.25) is 0 Å². The summed E-state index contributed by atoms with van der Waals surface area (Å²) < 4.78 is 10.6. The van der Waals surface area contributed by atoms with E-state index in [1.165, 1.54) is 5.56 Å². The second-order valence-corrected chi connectivity index (χ2v) is 5.65. The highest BCUT2D eigenvalue weighted by molar-refractivity contribution is 5.99. The molecular weight excluding hydrogens is 304 g/mol. The van der Waals surface area contributed by atoms with Gasteiger partial charge in [-0.05, 0) is 42.2 Å². The maximum atomic E-state index is 12.1. The number of carbonyl (C=O) groups is 1. The van der Waals surface area contributed by atoms with Crippen molar-refractivity contribution in [1.29, 1.82) is 0 Å². The van der Waals surface area contributed by atoms with Crippen molar-refractivity contribution in [3.05, 3.63) is 59.2 Å². The van der Waals surface area contributed by atoms with Crippen LogP contribution in [0.3, 0.4) is 0 Å². The lowest BCUT2D eigenvalue weighted by molar-refractivity contribution is -0.120. The molecule has 24 heavy (non-hydrogen) atoms. The Morgan fingerprint density at radius 2 is 1.79 bits per heavy atom. The number of benzene rings is 2. The fourth-order valence-corrected chi connectivity index (χ4v) is 2.47. The molecule has 0 atom stereocenters. The molecule has 124 valence electrons. The first-order chi connectivity index (χ1) is 11.7. The Morgan fingerprint density at radius 1 is 1.08 bits per heavy atom. The van der Waals surface area contributed by atoms with E-state index >= 15 is 0 Å². The van der Waals surface area contributed by atoms with E-state index in [2.05, 4.69) is 29.6 Å². The van der Waals surface area contributed by atoms with E-state index in [0.29, 0.717) is 11.5 Å². The lowest BCUT2D eigenvalue weighted by Crippen LogP contribution is -2.21. The molecule has 1 heterocycles. The lowest BCUT2D eigenvalue weighted by atomic mass is 10.1. The van der Waals surface area contributed by atoms with Gasteiger partial charge < -0.3 is 9.47 Å². The minimum atomic E-state index is -0.168. The first-order valence-corrected chi connectivity index (χ1v) is 7.96. The van der Waals surface area contributed by atoms with Gasteiger partial charge in [0.2, 0.25) is 12.7 Å². The minimum Gasteiger partial charge on any atom is -0.454 e. The molecule has 0 fully saturated rings. The summed E-state index contributed by atoms with van der Waals surface area (Å²) in [6.45, 7) is 4.22. The van der Waals surface area contributed by atoms with Gasteiger partial charge in [-0.3, -0.25) is 4.79 Å². The molecule has 0 radical (unpaired) electrons. The van der Waals surface area contributed by atoms with Crippen LogP contribution in [0.15, 0.2) is 47.6 Å². The second kappa shape index (κ2) is 7.17. The molecule has 0 saturated carbocycles. The number of carbonyl (C=O) groups excluding carboxylic acids is 1. The Bertz CT molecular complexity index is 767. The number of hydrogen-bond acceptors (Lipinski definition) is 4. The Balaban J connectivity index is 1.59. The number of rotatable bonds is 5. The smallest absolute Gasteiger partial charge is 0.244 e. The highest BCUT2D eigenvalue weighted by Crippen LogP contribution is 2.32. The molecule has 1 N–H and O–H groups in total. The zero-order chi connectivity index (χ0) is 16.9. The van der Waals surface area contributed by atoms with Gasteiger partial charge in [0.15, 0.2) is 11.5 Å². The standard InChI is InChI=1S/C19H20N2O3/c1-3-14-4-7-16(8-5-14)13(2)20-21-19(22)11-15-6-9-17-18(10-15)24-12-23-17/h4-10H,3,11-12H2,1-2H3,(H,21,22)/b20-13-. The second-order valence-electron chi connectivity index (χ2n) is 5.65. The van der Waals surface area contributed by atoms with Crippen LogP contribution in [0.25, 0.3) is 0 Å². The number of hydrogen-bond donors (Lipinski definition) is 1. The summed E-state index contributed by atoms with van der Waals surface area (Å²) in [4.78, 5) is 12.1. The van der Waals surface area contributed by atoms with Crippen LogP contribution in [0.4, 0.5) is 0 Å². The van der Waals surface area contributed by atoms with Gasteiger partial charge in [-0.15, -0.1) is 0 Å². The van der Waals surface area contributed by atoms with Gasteiger partial charge >= 0.3 is 0 Å². The van der Waals surface area contributed by atoms with E-state index in [1.807, 2.05) is 37.3 Å². The van der Waals surface area contributed by atoms with Crippen molar-refractivity contribution in [2.45, 2.75) is 26.7 Å². The summed E-state index contributed by atoms with van der Waals surface area (Å²) in [7, 11) is 0. The van der Waals surface area contributed by atoms with Crippen molar-refractivity contribution in [3.8, 4) is 11.5 Å². The van der Waals surface area contributed by atoms with E-state index in [9.17, 15) is 4.79 Å². The molecule has 0 unspecified atom stereocenters. The van der Waals surface area contributed by atoms with E-state index in [0.717, 1.165) is 23.3 Å². The van der Waals surface area contributed by atoms with Gasteiger partial charge in [0.05, 0.1) is 12.1 Å². The topological polar surface area (TPSA) is 59.9 Å². The van der Waals surface area contributed by atoms with E-state index in [1.54, 1.807) is 0 Å². The summed E-state index contributed by atoms with van der Waals surface area (Å²) in [5, 5.41) is 4.18. The van der Waals surface area contributed by atoms with Crippen molar-refractivity contribution in [2.75, 3.05) is 6.79 Å². The highest BCUT2D eigenvalue weighted by atomic mass is 16.7. The molecular formula is C19H20N2O3. The summed E-state index contributed by atoms with van der Waals surface area (Å²) in [6, 6.07) is 13.7. The maximum absolute atomic E-state index is 12.1. The molecule has 0 saturated heterocycles. The molecule has 5 heteroatoms. The molecule has 2 aromatic carbocycles. The minimum absolute atomic E-state index is 0.168. The van der Waals surface area contributed by atoms with Gasteiger partial charge in [0.1, 0.15) is 0 Å². The van der Waals surface area contributed by atoms with E-state index in [-0.39, 0.29) is 19.1 Å². The first kappa shape index (κ1) is 16.1. The monoisotopic (exact) mass is 324 g/mol. The van der Waals surface area contributed by atoms with Crippen LogP contribution < -0.4 is 14.9 Å². The zero-order valence-corrected chi connectivity index (χ0v) is 13.8. The van der Waals surface area contributed by atoms with Gasteiger partial charge in [0, 0.05) is 0 Å². The van der Waals surface area contributed by atoms with Crippen LogP contribution in [0, 0.1) is 0 Å². The summed E-state index contributed by atoms with van der Waals surface area (Å²) in [5.41, 5.74) is 6.51. The first-order valence-electron chi connectivity index (χ1n) is 7.96. The zero-order valence-electron chi connectivity index (χ0n) is 13.8. The molecule has 0 spiro atoms. The van der Waals surface area contributed by atoms with Crippen molar-refractivity contribution in [3.63, 3.8) is 0 Å². The van der Waals surface area contributed by atoms with Gasteiger partial charge in [-0.1, -0.05) is 37.3 Å². The fourth-order valence-electron chi connectivity index (χ4n) is 2.47. The fraction of sp³-hybridized carbons (Fsp3) is 0.263. The number of nitrogens with zero attached hydrogens (tertiary/aromatic N) is 1. The SMILES string of the molecule is CCc1ccc(/C(C)=N\NC(=O)Cc2ccc3c(c2)OCO3)cc1. The molecule has 2 aromatic rings. The maximum Gasteiger partial charge on any atom is 0.244 e. The molecule has 5 nitrogen and oxygen atoms in total. The normalized spacial score (nSPS) is 13.0. The van der Waals surface area contributed by atoms with Crippen molar-refractivity contribution < 1.29 is 14.3 Å². The summed E-state index contributed by atoms with van der Waals surface area (Å²) in [5.74, 6) is 1.22. The van der Waals surface area contributed by atoms with E-state index in [4.69, 9.17) is 9.47 Å². The molecule has 1 aliphatic heterocycles. The van der Waals surface area contributed by atoms with Crippen molar-refractivity contribution in [2.24, 2.45) is 5.10 Å². The third-order valence-electron chi connectivity index (χ3n) is 3.93. The average Bonchev–Trinajstić information content (AvgIpc) is 3.07. The van der Waals surface area contributed by atoms with Crippen LogP contribution in [0.5, 0.6) is 11.5 Å². The number of amides is 1. The van der Waals surface area contributed by atoms with Crippen molar-refractivity contribution >= 4 is 11.6 Å².